The van der Waals surface area contributed by atoms with Gasteiger partial charge in [0.15, 0.2) is 18.0 Å². The fourth-order valence-electron chi connectivity index (χ4n) is 11.0. The maximum absolute atomic E-state index is 7.03. The molecule has 2 unspecified atom stereocenters. The topological polar surface area (TPSA) is 46.7 Å². The highest BCUT2D eigenvalue weighted by Gasteiger charge is 2.49. The van der Waals surface area contributed by atoms with Crippen molar-refractivity contribution in [2.24, 2.45) is 5.92 Å². The van der Waals surface area contributed by atoms with Gasteiger partial charge in [-0.1, -0.05) is 95.2 Å². The summed E-state index contributed by atoms with van der Waals surface area (Å²) in [5, 5.41) is 3.72. The number of hydrogen-bond donors (Lipinski definition) is 0. The lowest BCUT2D eigenvalue weighted by molar-refractivity contribution is -0.726. The first-order chi connectivity index (χ1) is 28.4. The lowest BCUT2D eigenvalue weighted by Gasteiger charge is -2.32. The van der Waals surface area contributed by atoms with Crippen molar-refractivity contribution in [2.75, 3.05) is 0 Å². The summed E-state index contributed by atoms with van der Waals surface area (Å²) in [5.74, 6) is 1.33. The van der Waals surface area contributed by atoms with Crippen LogP contribution < -0.4 is 14.3 Å². The summed E-state index contributed by atoms with van der Waals surface area (Å²) in [4.78, 5) is 10.3. The Labute approximate surface area is 350 Å². The molecule has 0 spiro atoms. The van der Waals surface area contributed by atoms with E-state index in [0.29, 0.717) is 17.5 Å². The Morgan fingerprint density at radius 1 is 0.831 bits per heavy atom. The van der Waals surface area contributed by atoms with Gasteiger partial charge in [0.05, 0.1) is 36.5 Å². The van der Waals surface area contributed by atoms with Crippen LogP contribution in [0, 0.1) is 19.8 Å². The largest absolute Gasteiger partial charge is 0.437 e. The number of benzene rings is 2. The minimum absolute atomic E-state index is 0.0155. The molecule has 5 aromatic heterocycles. The van der Waals surface area contributed by atoms with Gasteiger partial charge in [-0.2, -0.15) is 9.13 Å². The smallest absolute Gasteiger partial charge is 0.249 e. The number of hydrogen-bond acceptors (Lipinski definition) is 3. The summed E-state index contributed by atoms with van der Waals surface area (Å²) < 4.78 is 12.1. The van der Waals surface area contributed by atoms with Crippen LogP contribution in [0.5, 0.6) is 0 Å². The fraction of sp³-hybridized carbons (Fsp3) is 0.358. The molecular formula is C53H58N4OSi+2. The fourth-order valence-corrected chi connectivity index (χ4v) is 12.7. The van der Waals surface area contributed by atoms with Crippen molar-refractivity contribution >= 4 is 41.0 Å². The van der Waals surface area contributed by atoms with Crippen LogP contribution in [0.3, 0.4) is 0 Å². The van der Waals surface area contributed by atoms with Crippen molar-refractivity contribution in [3.05, 3.63) is 131 Å². The van der Waals surface area contributed by atoms with Crippen molar-refractivity contribution in [3.8, 4) is 33.8 Å². The van der Waals surface area contributed by atoms with E-state index in [-0.39, 0.29) is 12.0 Å². The molecule has 1 saturated carbocycles. The van der Waals surface area contributed by atoms with Gasteiger partial charge in [-0.25, -0.2) is 4.98 Å². The van der Waals surface area contributed by atoms with E-state index in [1.807, 2.05) is 0 Å². The first-order valence-electron chi connectivity index (χ1n) is 22.2. The Balaban J connectivity index is 1.24. The second-order valence-electron chi connectivity index (χ2n) is 19.3. The highest BCUT2D eigenvalue weighted by Crippen LogP contribution is 2.48. The number of allylic oxidation sites excluding steroid dienone is 1. The predicted octanol–water partition coefficient (Wildman–Crippen LogP) is 12.1. The van der Waals surface area contributed by atoms with E-state index in [1.165, 1.54) is 76.9 Å². The van der Waals surface area contributed by atoms with Crippen LogP contribution >= 0.6 is 0 Å². The normalized spacial score (nSPS) is 18.1. The molecule has 0 radical (unpaired) electrons. The molecule has 0 bridgehead atoms. The summed E-state index contributed by atoms with van der Waals surface area (Å²) in [6, 6.07) is 29.3. The second-order valence-corrected chi connectivity index (χ2v) is 24.3. The van der Waals surface area contributed by atoms with Gasteiger partial charge < -0.3 is 4.42 Å². The molecule has 2 aliphatic heterocycles. The van der Waals surface area contributed by atoms with Crippen molar-refractivity contribution < 1.29 is 13.6 Å². The highest BCUT2D eigenvalue weighted by atomic mass is 28.3. The zero-order chi connectivity index (χ0) is 40.7. The molecule has 0 saturated heterocycles. The first-order valence-corrected chi connectivity index (χ1v) is 25.7. The number of rotatable bonds is 5. The zero-order valence-electron chi connectivity index (χ0n) is 36.0. The summed E-state index contributed by atoms with van der Waals surface area (Å²) in [5.41, 5.74) is 17.5. The summed E-state index contributed by atoms with van der Waals surface area (Å²) in [7, 11) is -1.74. The molecule has 10 rings (SSSR count). The van der Waals surface area contributed by atoms with E-state index in [2.05, 4.69) is 148 Å². The molecule has 6 heteroatoms. The number of fused-ring (bicyclic) bond motifs is 13. The monoisotopic (exact) mass is 794 g/mol. The minimum Gasteiger partial charge on any atom is -0.437 e. The third-order valence-electron chi connectivity index (χ3n) is 13.7. The van der Waals surface area contributed by atoms with Crippen LogP contribution in [0.1, 0.15) is 104 Å². The number of furan rings is 1. The SMILES string of the molecule is C=C1C2C(CCc3ccc4c(oc5nc(-c6ccccc6)ccc54)c3-c3cc(C4CCCCC4)cc[n+]31)c1cc(C)nc(C)c1-c1cc(CC(C)C)c([Si](C)(C)C)c[n+]12. The van der Waals surface area contributed by atoms with Gasteiger partial charge >= 0.3 is 0 Å². The van der Waals surface area contributed by atoms with Crippen molar-refractivity contribution in [1.29, 1.82) is 0 Å². The molecule has 5 nitrogen and oxygen atoms in total. The third-order valence-corrected chi connectivity index (χ3v) is 15.8. The zero-order valence-corrected chi connectivity index (χ0v) is 37.0. The van der Waals surface area contributed by atoms with Crippen LogP contribution in [-0.2, 0) is 12.8 Å². The van der Waals surface area contributed by atoms with Crippen molar-refractivity contribution in [3.63, 3.8) is 0 Å². The average Bonchev–Trinajstić information content (AvgIpc) is 3.61. The first kappa shape index (κ1) is 38.0. The van der Waals surface area contributed by atoms with Crippen LogP contribution in [0.15, 0.2) is 102 Å². The average molecular weight is 795 g/mol. The van der Waals surface area contributed by atoms with Gasteiger partial charge in [-0.15, -0.1) is 0 Å². The molecule has 7 aromatic rings. The van der Waals surface area contributed by atoms with E-state index in [1.54, 1.807) is 5.19 Å². The molecular weight excluding hydrogens is 737 g/mol. The number of nitrogens with zero attached hydrogens (tertiary/aromatic N) is 4. The summed E-state index contributed by atoms with van der Waals surface area (Å²) in [6.07, 6.45) is 14.3. The molecule has 1 fully saturated rings. The van der Waals surface area contributed by atoms with Gasteiger partial charge in [-0.05, 0) is 105 Å². The molecule has 298 valence electrons. The Bertz CT molecular complexity index is 2800. The Kier molecular flexibility index (Phi) is 9.35. The molecule has 3 aliphatic rings. The molecule has 2 aromatic carbocycles. The van der Waals surface area contributed by atoms with E-state index >= 15 is 0 Å². The van der Waals surface area contributed by atoms with Gasteiger partial charge in [0.1, 0.15) is 0 Å². The molecule has 59 heavy (non-hydrogen) atoms. The molecule has 7 heterocycles. The Hall–Kier alpha value is -5.20. The van der Waals surface area contributed by atoms with E-state index < -0.39 is 8.07 Å². The van der Waals surface area contributed by atoms with Crippen molar-refractivity contribution in [1.82, 2.24) is 9.97 Å². The second kappa shape index (κ2) is 14.5. The van der Waals surface area contributed by atoms with E-state index in [9.17, 15) is 0 Å². The summed E-state index contributed by atoms with van der Waals surface area (Å²) in [6.45, 7) is 21.7. The Morgan fingerprint density at radius 2 is 1.61 bits per heavy atom. The van der Waals surface area contributed by atoms with Gasteiger partial charge in [0, 0.05) is 45.4 Å². The molecule has 0 amide bonds. The standard InChI is InChI=1S/C53H58N4OSi/c1-32(2)27-40-30-46-49-34(4)54-33(3)28-44(49)41-21-19-38-20-22-42-43-23-24-45(37-17-13-10-14-18-37)55-53(43)58-52(42)50(38)47-29-39(36-15-11-9-12-16-36)25-26-56(47)35(5)51(41)57(46)31-48(40)59(6,7)8/h10,13-14,17-18,20,22-26,28-32,36,41,51H,5,9,11-12,15-16,19,21,27H2,1-4,6-8H3/q+2. The maximum Gasteiger partial charge on any atom is 0.249 e. The van der Waals surface area contributed by atoms with Crippen LogP contribution in [0.2, 0.25) is 19.6 Å². The van der Waals surface area contributed by atoms with Gasteiger partial charge in [-0.3, -0.25) is 4.98 Å². The maximum atomic E-state index is 7.03. The molecule has 2 atom stereocenters. The number of pyridine rings is 4. The third kappa shape index (κ3) is 6.50. The quantitative estimate of drug-likeness (QED) is 0.129. The summed E-state index contributed by atoms with van der Waals surface area (Å²) >= 11 is 0. The lowest BCUT2D eigenvalue weighted by atomic mass is 9.77. The minimum atomic E-state index is -1.74. The van der Waals surface area contributed by atoms with Crippen LogP contribution in [0.25, 0.3) is 61.5 Å². The van der Waals surface area contributed by atoms with Crippen molar-refractivity contribution in [2.45, 2.75) is 117 Å². The van der Waals surface area contributed by atoms with Gasteiger partial charge in [0.25, 0.3) is 0 Å². The van der Waals surface area contributed by atoms with Crippen LogP contribution in [0.4, 0.5) is 0 Å². The molecule has 0 N–H and O–H groups in total. The number of aromatic nitrogens is 4. The van der Waals surface area contributed by atoms with Gasteiger partial charge in [0.2, 0.25) is 28.8 Å². The predicted molar refractivity (Wildman–Crippen MR) is 245 cm³/mol. The Morgan fingerprint density at radius 3 is 2.37 bits per heavy atom. The van der Waals surface area contributed by atoms with E-state index in [0.717, 1.165) is 64.0 Å². The van der Waals surface area contributed by atoms with E-state index in [4.69, 9.17) is 21.0 Å². The number of aryl methyl sites for hydroxylation is 3. The van der Waals surface area contributed by atoms with Crippen LogP contribution in [-0.4, -0.2) is 18.0 Å². The highest BCUT2D eigenvalue weighted by molar-refractivity contribution is 6.89. The molecule has 1 aliphatic carbocycles. The lowest BCUT2D eigenvalue weighted by Crippen LogP contribution is -2.57.